The third-order valence-electron chi connectivity index (χ3n) is 5.66. The van der Waals surface area contributed by atoms with Crippen LogP contribution in [-0.4, -0.2) is 40.6 Å². The summed E-state index contributed by atoms with van der Waals surface area (Å²) in [5.41, 5.74) is 1.96. The largest absolute Gasteiger partial charge is 0.492 e. The third kappa shape index (κ3) is 4.30. The summed E-state index contributed by atoms with van der Waals surface area (Å²) >= 11 is 1.01. The number of imide groups is 1. The second-order valence-corrected chi connectivity index (χ2v) is 8.84. The highest BCUT2D eigenvalue weighted by Gasteiger charge is 2.34. The van der Waals surface area contributed by atoms with Crippen LogP contribution in [0.1, 0.15) is 25.3 Å². The number of thioether (sulfide) groups is 1. The Morgan fingerprint density at radius 3 is 2.82 bits per heavy atom. The van der Waals surface area contributed by atoms with Crippen LogP contribution < -0.4 is 14.2 Å². The highest BCUT2D eigenvalue weighted by Crippen LogP contribution is 2.36. The van der Waals surface area contributed by atoms with Gasteiger partial charge in [0.15, 0.2) is 11.5 Å². The molecule has 33 heavy (non-hydrogen) atoms. The van der Waals surface area contributed by atoms with E-state index in [9.17, 15) is 9.59 Å². The molecule has 0 aliphatic carbocycles. The van der Waals surface area contributed by atoms with Crippen LogP contribution in [0, 0.1) is 0 Å². The van der Waals surface area contributed by atoms with E-state index < -0.39 is 0 Å². The lowest BCUT2D eigenvalue weighted by Gasteiger charge is -2.10. The van der Waals surface area contributed by atoms with Gasteiger partial charge in [-0.05, 0) is 42.5 Å². The van der Waals surface area contributed by atoms with E-state index in [1.807, 2.05) is 61.7 Å². The highest BCUT2D eigenvalue weighted by molar-refractivity contribution is 8.18. The molecular formula is C25H24N2O5S. The van der Waals surface area contributed by atoms with Crippen molar-refractivity contribution < 1.29 is 23.8 Å². The number of aromatic nitrogens is 1. The van der Waals surface area contributed by atoms with Crippen LogP contribution in [0.2, 0.25) is 0 Å². The number of hydrogen-bond donors (Lipinski definition) is 0. The van der Waals surface area contributed by atoms with E-state index >= 15 is 0 Å². The van der Waals surface area contributed by atoms with Crippen molar-refractivity contribution in [1.82, 2.24) is 9.47 Å². The van der Waals surface area contributed by atoms with Crippen LogP contribution in [0.25, 0.3) is 17.0 Å². The molecule has 0 spiro atoms. The Balaban J connectivity index is 1.33. The fourth-order valence-electron chi connectivity index (χ4n) is 3.95. The number of nitrogens with zero attached hydrogens (tertiary/aromatic N) is 2. The lowest BCUT2D eigenvalue weighted by Crippen LogP contribution is -2.29. The normalized spacial score (nSPS) is 16.4. The molecule has 0 bridgehead atoms. The van der Waals surface area contributed by atoms with Crippen molar-refractivity contribution in [2.45, 2.75) is 26.3 Å². The Kier molecular flexibility index (Phi) is 6.00. The van der Waals surface area contributed by atoms with Crippen molar-refractivity contribution in [3.05, 3.63) is 59.1 Å². The van der Waals surface area contributed by atoms with E-state index in [1.165, 1.54) is 4.90 Å². The lowest BCUT2D eigenvalue weighted by molar-refractivity contribution is -0.122. The summed E-state index contributed by atoms with van der Waals surface area (Å²) in [6.07, 6.45) is 5.58. The van der Waals surface area contributed by atoms with Crippen molar-refractivity contribution in [2.75, 3.05) is 19.9 Å². The van der Waals surface area contributed by atoms with Crippen molar-refractivity contribution in [1.29, 1.82) is 0 Å². The molecule has 2 aliphatic rings. The molecule has 2 aliphatic heterocycles. The Labute approximate surface area is 195 Å². The zero-order chi connectivity index (χ0) is 22.8. The molecule has 0 saturated carbocycles. The standard InChI is InChI=1S/C25H24N2O5S/c1-2-3-10-27-24(28)23(33-25(27)29)13-17-15-26(20-7-5-4-6-19(17)20)11-12-30-18-8-9-21-22(14-18)32-16-31-21/h4-9,13-15H,2-3,10-12,16H2,1H3/b23-13-. The SMILES string of the molecule is CCCCN1C(=O)S/C(=C\c2cn(CCOc3ccc4c(c3)OCO4)c3ccccc23)C1=O. The average Bonchev–Trinajstić information content (AvgIpc) is 3.50. The van der Waals surface area contributed by atoms with Crippen LogP contribution >= 0.6 is 11.8 Å². The summed E-state index contributed by atoms with van der Waals surface area (Å²) in [4.78, 5) is 26.9. The van der Waals surface area contributed by atoms with Gasteiger partial charge in [0.25, 0.3) is 11.1 Å². The van der Waals surface area contributed by atoms with Gasteiger partial charge in [-0.1, -0.05) is 31.5 Å². The number of ether oxygens (including phenoxy) is 3. The van der Waals surface area contributed by atoms with E-state index in [1.54, 1.807) is 0 Å². The molecule has 170 valence electrons. The monoisotopic (exact) mass is 464 g/mol. The van der Waals surface area contributed by atoms with Gasteiger partial charge in [0.05, 0.1) is 11.4 Å². The summed E-state index contributed by atoms with van der Waals surface area (Å²) in [7, 11) is 0. The smallest absolute Gasteiger partial charge is 0.293 e. The Bertz CT molecular complexity index is 1250. The van der Waals surface area contributed by atoms with Gasteiger partial charge in [0, 0.05) is 35.3 Å². The van der Waals surface area contributed by atoms with Gasteiger partial charge in [0.2, 0.25) is 6.79 Å². The molecule has 8 heteroatoms. The number of rotatable bonds is 8. The minimum atomic E-state index is -0.207. The van der Waals surface area contributed by atoms with Crippen LogP contribution in [-0.2, 0) is 11.3 Å². The van der Waals surface area contributed by atoms with Crippen LogP contribution in [0.4, 0.5) is 4.79 Å². The number of carbonyl (C=O) groups excluding carboxylic acids is 2. The molecule has 5 rings (SSSR count). The Hall–Kier alpha value is -3.39. The van der Waals surface area contributed by atoms with Crippen molar-refractivity contribution in [3.63, 3.8) is 0 Å². The fraction of sp³-hybridized carbons (Fsp3) is 0.280. The molecule has 3 aromatic rings. The minimum Gasteiger partial charge on any atom is -0.492 e. The summed E-state index contributed by atoms with van der Waals surface area (Å²) in [5, 5.41) is 0.835. The topological polar surface area (TPSA) is 70.0 Å². The predicted octanol–water partition coefficient (Wildman–Crippen LogP) is 5.29. The van der Waals surface area contributed by atoms with Gasteiger partial charge in [-0.2, -0.15) is 0 Å². The number of amides is 2. The summed E-state index contributed by atoms with van der Waals surface area (Å²) in [6.45, 7) is 3.83. The number of benzene rings is 2. The van der Waals surface area contributed by atoms with E-state index in [-0.39, 0.29) is 17.9 Å². The molecule has 0 radical (unpaired) electrons. The number of para-hydroxylation sites is 1. The zero-order valence-corrected chi connectivity index (χ0v) is 19.1. The molecular weight excluding hydrogens is 440 g/mol. The first-order valence-electron chi connectivity index (χ1n) is 11.0. The molecule has 3 heterocycles. The van der Waals surface area contributed by atoms with Gasteiger partial charge >= 0.3 is 0 Å². The van der Waals surface area contributed by atoms with Gasteiger partial charge in [-0.15, -0.1) is 0 Å². The lowest BCUT2D eigenvalue weighted by atomic mass is 10.1. The number of unbranched alkanes of at least 4 members (excludes halogenated alkanes) is 1. The van der Waals surface area contributed by atoms with Crippen LogP contribution in [0.3, 0.4) is 0 Å². The molecule has 2 amide bonds. The van der Waals surface area contributed by atoms with Crippen molar-refractivity contribution >= 4 is 39.9 Å². The summed E-state index contributed by atoms with van der Waals surface area (Å²) in [6, 6.07) is 13.6. The van der Waals surface area contributed by atoms with E-state index in [0.29, 0.717) is 30.4 Å². The first-order valence-corrected chi connectivity index (χ1v) is 11.8. The van der Waals surface area contributed by atoms with Crippen LogP contribution in [0.15, 0.2) is 53.6 Å². The highest BCUT2D eigenvalue weighted by atomic mass is 32.2. The maximum atomic E-state index is 12.7. The molecule has 1 fully saturated rings. The number of carbonyl (C=O) groups is 2. The average molecular weight is 465 g/mol. The molecule has 7 nitrogen and oxygen atoms in total. The third-order valence-corrected chi connectivity index (χ3v) is 6.57. The zero-order valence-electron chi connectivity index (χ0n) is 18.3. The first-order chi connectivity index (χ1) is 16.1. The van der Waals surface area contributed by atoms with E-state index in [4.69, 9.17) is 14.2 Å². The molecule has 1 aromatic heterocycles. The quantitative estimate of drug-likeness (QED) is 0.422. The first kappa shape index (κ1) is 21.5. The van der Waals surface area contributed by atoms with Crippen molar-refractivity contribution in [2.24, 2.45) is 0 Å². The van der Waals surface area contributed by atoms with Gasteiger partial charge < -0.3 is 18.8 Å². The van der Waals surface area contributed by atoms with Crippen molar-refractivity contribution in [3.8, 4) is 17.2 Å². The second kappa shape index (κ2) is 9.23. The molecule has 1 saturated heterocycles. The molecule has 0 unspecified atom stereocenters. The molecule has 0 atom stereocenters. The maximum Gasteiger partial charge on any atom is 0.293 e. The second-order valence-electron chi connectivity index (χ2n) is 7.85. The van der Waals surface area contributed by atoms with Gasteiger partial charge in [-0.3, -0.25) is 14.5 Å². The van der Waals surface area contributed by atoms with Gasteiger partial charge in [0.1, 0.15) is 12.4 Å². The predicted molar refractivity (Wildman–Crippen MR) is 128 cm³/mol. The number of hydrogen-bond acceptors (Lipinski definition) is 6. The minimum absolute atomic E-state index is 0.194. The van der Waals surface area contributed by atoms with Crippen LogP contribution in [0.5, 0.6) is 17.2 Å². The Morgan fingerprint density at radius 1 is 1.09 bits per heavy atom. The molecule has 0 N–H and O–H groups in total. The van der Waals surface area contributed by atoms with E-state index in [0.717, 1.165) is 52.6 Å². The van der Waals surface area contributed by atoms with E-state index in [2.05, 4.69) is 4.57 Å². The Morgan fingerprint density at radius 2 is 1.94 bits per heavy atom. The summed E-state index contributed by atoms with van der Waals surface area (Å²) < 4.78 is 18.8. The number of fused-ring (bicyclic) bond motifs is 2. The van der Waals surface area contributed by atoms with Gasteiger partial charge in [-0.25, -0.2) is 0 Å². The molecule has 2 aromatic carbocycles. The summed E-state index contributed by atoms with van der Waals surface area (Å²) in [5.74, 6) is 1.93. The fourth-order valence-corrected chi connectivity index (χ4v) is 4.81. The maximum absolute atomic E-state index is 12.7.